The fraction of sp³-hybridized carbons (Fsp3) is 0.0833. The van der Waals surface area contributed by atoms with Crippen LogP contribution in [0.3, 0.4) is 0 Å². The van der Waals surface area contributed by atoms with Crippen molar-refractivity contribution in [3.8, 4) is 0 Å². The number of halogens is 2. The van der Waals surface area contributed by atoms with Crippen molar-refractivity contribution >= 4 is 17.4 Å². The molecule has 1 aromatic heterocycles. The zero-order chi connectivity index (χ0) is 11.4. The topological polar surface area (TPSA) is 24.9 Å². The number of pyridine rings is 1. The zero-order valence-electron chi connectivity index (χ0n) is 8.45. The van der Waals surface area contributed by atoms with Crippen LogP contribution in [0.25, 0.3) is 0 Å². The lowest BCUT2D eigenvalue weighted by Gasteiger charge is -2.05. The van der Waals surface area contributed by atoms with Gasteiger partial charge in [0.05, 0.1) is 0 Å². The molecule has 16 heavy (non-hydrogen) atoms. The van der Waals surface area contributed by atoms with E-state index in [2.05, 4.69) is 10.3 Å². The van der Waals surface area contributed by atoms with Gasteiger partial charge in [0, 0.05) is 18.7 Å². The highest BCUT2D eigenvalue weighted by molar-refractivity contribution is 6.29. The summed E-state index contributed by atoms with van der Waals surface area (Å²) >= 11 is 5.64. The summed E-state index contributed by atoms with van der Waals surface area (Å²) in [5, 5.41) is 3.16. The van der Waals surface area contributed by atoms with Crippen molar-refractivity contribution < 1.29 is 4.39 Å². The second-order valence-corrected chi connectivity index (χ2v) is 3.72. The van der Waals surface area contributed by atoms with Crippen LogP contribution in [0.2, 0.25) is 5.15 Å². The van der Waals surface area contributed by atoms with Gasteiger partial charge in [0.2, 0.25) is 0 Å². The Morgan fingerprint density at radius 1 is 1.19 bits per heavy atom. The minimum Gasteiger partial charge on any atom is -0.366 e. The van der Waals surface area contributed by atoms with Gasteiger partial charge in [0.1, 0.15) is 16.8 Å². The average Bonchev–Trinajstić information content (AvgIpc) is 2.27. The Morgan fingerprint density at radius 3 is 2.62 bits per heavy atom. The molecule has 1 heterocycles. The number of hydrogen-bond donors (Lipinski definition) is 1. The predicted octanol–water partition coefficient (Wildman–Crippen LogP) is 3.49. The van der Waals surface area contributed by atoms with E-state index in [1.54, 1.807) is 0 Å². The van der Waals surface area contributed by atoms with Crippen LogP contribution in [0.1, 0.15) is 5.56 Å². The smallest absolute Gasteiger partial charge is 0.134 e. The molecule has 0 saturated carbocycles. The van der Waals surface area contributed by atoms with Crippen LogP contribution < -0.4 is 5.32 Å². The highest BCUT2D eigenvalue weighted by atomic mass is 35.5. The molecule has 2 rings (SSSR count). The lowest BCUT2D eigenvalue weighted by atomic mass is 10.2. The molecule has 0 spiro atoms. The van der Waals surface area contributed by atoms with Crippen molar-refractivity contribution in [1.29, 1.82) is 0 Å². The summed E-state index contributed by atoms with van der Waals surface area (Å²) in [5.74, 6) is 0.0458. The van der Waals surface area contributed by atoms with E-state index in [1.807, 2.05) is 30.3 Å². The first kappa shape index (κ1) is 10.9. The molecule has 0 aliphatic carbocycles. The molecule has 82 valence electrons. The monoisotopic (exact) mass is 236 g/mol. The third-order valence-corrected chi connectivity index (χ3v) is 2.27. The molecule has 0 aliphatic heterocycles. The zero-order valence-corrected chi connectivity index (χ0v) is 9.21. The molecule has 0 aliphatic rings. The van der Waals surface area contributed by atoms with Crippen LogP contribution in [0, 0.1) is 5.82 Å². The Hall–Kier alpha value is -1.61. The van der Waals surface area contributed by atoms with Gasteiger partial charge in [0.25, 0.3) is 0 Å². The van der Waals surface area contributed by atoms with Crippen molar-refractivity contribution in [2.45, 2.75) is 6.54 Å². The summed E-state index contributed by atoms with van der Waals surface area (Å²) in [4.78, 5) is 3.96. The quantitative estimate of drug-likeness (QED) is 0.826. The molecule has 1 N–H and O–H groups in total. The van der Waals surface area contributed by atoms with E-state index in [-0.39, 0.29) is 5.15 Å². The highest BCUT2D eigenvalue weighted by Crippen LogP contribution is 2.13. The van der Waals surface area contributed by atoms with Gasteiger partial charge in [-0.3, -0.25) is 0 Å². The van der Waals surface area contributed by atoms with E-state index < -0.39 is 5.82 Å². The Kier molecular flexibility index (Phi) is 3.37. The first-order chi connectivity index (χ1) is 7.74. The number of aromatic nitrogens is 1. The standard InChI is InChI=1S/C12H10ClFN2/c13-11-6-10(14)7-12(16-11)15-8-9-4-2-1-3-5-9/h1-7H,8H2,(H,15,16). The molecule has 0 unspecified atom stereocenters. The minimum absolute atomic E-state index is 0.149. The van der Waals surface area contributed by atoms with E-state index in [9.17, 15) is 4.39 Å². The Labute approximate surface area is 98.1 Å². The lowest BCUT2D eigenvalue weighted by molar-refractivity contribution is 0.626. The molecular weight excluding hydrogens is 227 g/mol. The molecule has 0 bridgehead atoms. The van der Waals surface area contributed by atoms with Crippen LogP contribution in [0.15, 0.2) is 42.5 Å². The summed E-state index contributed by atoms with van der Waals surface area (Å²) < 4.78 is 13.0. The van der Waals surface area contributed by atoms with Crippen molar-refractivity contribution in [1.82, 2.24) is 4.98 Å². The van der Waals surface area contributed by atoms with Crippen molar-refractivity contribution in [3.63, 3.8) is 0 Å². The summed E-state index contributed by atoms with van der Waals surface area (Å²) in [5.41, 5.74) is 1.10. The van der Waals surface area contributed by atoms with Gasteiger partial charge in [-0.25, -0.2) is 9.37 Å². The molecule has 0 saturated heterocycles. The van der Waals surface area contributed by atoms with Gasteiger partial charge in [-0.1, -0.05) is 41.9 Å². The third-order valence-electron chi connectivity index (χ3n) is 2.08. The van der Waals surface area contributed by atoms with Gasteiger partial charge in [-0.15, -0.1) is 0 Å². The first-order valence-corrected chi connectivity index (χ1v) is 5.23. The number of nitrogens with one attached hydrogen (secondary N) is 1. The minimum atomic E-state index is -0.393. The summed E-state index contributed by atoms with van der Waals surface area (Å²) in [6, 6.07) is 12.3. The van der Waals surface area contributed by atoms with Gasteiger partial charge >= 0.3 is 0 Å². The van der Waals surface area contributed by atoms with Crippen molar-refractivity contribution in [3.05, 3.63) is 59.0 Å². The second kappa shape index (κ2) is 4.94. The largest absolute Gasteiger partial charge is 0.366 e. The second-order valence-electron chi connectivity index (χ2n) is 3.33. The first-order valence-electron chi connectivity index (χ1n) is 4.85. The SMILES string of the molecule is Fc1cc(Cl)nc(NCc2ccccc2)c1. The molecule has 1 aromatic carbocycles. The molecule has 0 radical (unpaired) electrons. The van der Waals surface area contributed by atoms with Crippen molar-refractivity contribution in [2.75, 3.05) is 5.32 Å². The molecule has 2 aromatic rings. The summed E-state index contributed by atoms with van der Waals surface area (Å²) in [6.07, 6.45) is 0. The van der Waals surface area contributed by atoms with Crippen LogP contribution in [-0.4, -0.2) is 4.98 Å². The van der Waals surface area contributed by atoms with Gasteiger partial charge < -0.3 is 5.32 Å². The maximum Gasteiger partial charge on any atom is 0.134 e. The normalized spacial score (nSPS) is 10.1. The maximum atomic E-state index is 13.0. The highest BCUT2D eigenvalue weighted by Gasteiger charge is 2.00. The number of anilines is 1. The van der Waals surface area contributed by atoms with Crippen LogP contribution in [-0.2, 0) is 6.54 Å². The predicted molar refractivity (Wildman–Crippen MR) is 63.0 cm³/mol. The Morgan fingerprint density at radius 2 is 1.94 bits per heavy atom. The van der Waals surface area contributed by atoms with Gasteiger partial charge in [0.15, 0.2) is 0 Å². The van der Waals surface area contributed by atoms with E-state index in [0.29, 0.717) is 12.4 Å². The maximum absolute atomic E-state index is 13.0. The summed E-state index contributed by atoms with van der Waals surface area (Å²) in [6.45, 7) is 0.591. The lowest BCUT2D eigenvalue weighted by Crippen LogP contribution is -2.01. The van der Waals surface area contributed by atoms with Crippen LogP contribution in [0.5, 0.6) is 0 Å². The fourth-order valence-corrected chi connectivity index (χ4v) is 1.54. The molecular formula is C12H10ClFN2. The third kappa shape index (κ3) is 2.94. The number of nitrogens with zero attached hydrogens (tertiary/aromatic N) is 1. The molecule has 0 atom stereocenters. The molecule has 0 amide bonds. The number of hydrogen-bond acceptors (Lipinski definition) is 2. The van der Waals surface area contributed by atoms with Crippen molar-refractivity contribution in [2.24, 2.45) is 0 Å². The average molecular weight is 237 g/mol. The Bertz CT molecular complexity index is 453. The van der Waals surface area contributed by atoms with Crippen LogP contribution in [0.4, 0.5) is 10.2 Å². The molecule has 2 nitrogen and oxygen atoms in total. The molecule has 0 fully saturated rings. The van der Waals surface area contributed by atoms with E-state index in [0.717, 1.165) is 5.56 Å². The van der Waals surface area contributed by atoms with Crippen LogP contribution >= 0.6 is 11.6 Å². The molecule has 4 heteroatoms. The number of benzene rings is 1. The number of rotatable bonds is 3. The van der Waals surface area contributed by atoms with Gasteiger partial charge in [-0.05, 0) is 5.56 Å². The van der Waals surface area contributed by atoms with E-state index in [4.69, 9.17) is 11.6 Å². The van der Waals surface area contributed by atoms with E-state index in [1.165, 1.54) is 12.1 Å². The van der Waals surface area contributed by atoms with Gasteiger partial charge in [-0.2, -0.15) is 0 Å². The van der Waals surface area contributed by atoms with E-state index >= 15 is 0 Å². The fourth-order valence-electron chi connectivity index (χ4n) is 1.34. The summed E-state index contributed by atoms with van der Waals surface area (Å²) in [7, 11) is 0. The Balaban J connectivity index is 2.05.